The minimum absolute atomic E-state index is 0.00205. The number of benzene rings is 2. The van der Waals surface area contributed by atoms with Crippen LogP contribution in [0.3, 0.4) is 0 Å². The fourth-order valence-corrected chi connectivity index (χ4v) is 3.42. The highest BCUT2D eigenvalue weighted by Crippen LogP contribution is 2.32. The first-order chi connectivity index (χ1) is 11.7. The number of likely N-dealkylation sites (tertiary alicyclic amines) is 1. The zero-order chi connectivity index (χ0) is 16.5. The molecule has 5 heteroatoms. The van der Waals surface area contributed by atoms with Gasteiger partial charge in [0.2, 0.25) is 5.91 Å². The van der Waals surface area contributed by atoms with E-state index in [0.717, 1.165) is 41.8 Å². The summed E-state index contributed by atoms with van der Waals surface area (Å²) in [5.74, 6) is 1.12. The number of aromatic amines is 1. The first-order valence-corrected chi connectivity index (χ1v) is 8.23. The number of fused-ring (bicyclic) bond motifs is 1. The van der Waals surface area contributed by atoms with E-state index in [-0.39, 0.29) is 17.7 Å². The van der Waals surface area contributed by atoms with Crippen LogP contribution in [-0.4, -0.2) is 32.4 Å². The van der Waals surface area contributed by atoms with Crippen molar-refractivity contribution in [3.63, 3.8) is 0 Å². The van der Waals surface area contributed by atoms with Gasteiger partial charge in [0.15, 0.2) is 0 Å². The number of H-pyrrole nitrogens is 1. The molecule has 1 atom stereocenters. The Morgan fingerprint density at radius 2 is 2.12 bits per heavy atom. The molecule has 2 heterocycles. The lowest BCUT2D eigenvalue weighted by atomic mass is 10.1. The summed E-state index contributed by atoms with van der Waals surface area (Å²) in [6, 6.07) is 14.8. The molecule has 0 radical (unpaired) electrons. The van der Waals surface area contributed by atoms with Crippen molar-refractivity contribution < 1.29 is 9.90 Å². The molecule has 1 saturated heterocycles. The first kappa shape index (κ1) is 14.8. The van der Waals surface area contributed by atoms with Crippen molar-refractivity contribution in [3.05, 3.63) is 59.9 Å². The van der Waals surface area contributed by atoms with Crippen molar-refractivity contribution >= 4 is 16.9 Å². The molecule has 1 aromatic heterocycles. The van der Waals surface area contributed by atoms with E-state index in [1.54, 1.807) is 18.2 Å². The Balaban J connectivity index is 1.56. The van der Waals surface area contributed by atoms with Gasteiger partial charge in [-0.05, 0) is 42.7 Å². The second-order valence-corrected chi connectivity index (χ2v) is 6.23. The lowest BCUT2D eigenvalue weighted by Crippen LogP contribution is -2.32. The third-order valence-electron chi connectivity index (χ3n) is 4.56. The maximum absolute atomic E-state index is 12.7. The van der Waals surface area contributed by atoms with Crippen LogP contribution in [0.1, 0.15) is 30.3 Å². The molecule has 1 aliphatic rings. The Hall–Kier alpha value is -2.82. The van der Waals surface area contributed by atoms with Gasteiger partial charge in [-0.3, -0.25) is 4.79 Å². The number of imidazole rings is 1. The summed E-state index contributed by atoms with van der Waals surface area (Å²) in [6.45, 7) is 0.749. The second kappa shape index (κ2) is 6.00. The van der Waals surface area contributed by atoms with Crippen LogP contribution in [0.2, 0.25) is 0 Å². The molecule has 1 aliphatic heterocycles. The fraction of sp³-hybridized carbons (Fsp3) is 0.263. The van der Waals surface area contributed by atoms with Crippen LogP contribution in [0, 0.1) is 0 Å². The van der Waals surface area contributed by atoms with Crippen LogP contribution in [0.15, 0.2) is 48.5 Å². The van der Waals surface area contributed by atoms with Gasteiger partial charge in [0.05, 0.1) is 23.5 Å². The summed E-state index contributed by atoms with van der Waals surface area (Å²) in [6.07, 6.45) is 2.20. The second-order valence-electron chi connectivity index (χ2n) is 6.23. The number of nitrogens with zero attached hydrogens (tertiary/aromatic N) is 2. The summed E-state index contributed by atoms with van der Waals surface area (Å²) < 4.78 is 0. The van der Waals surface area contributed by atoms with Gasteiger partial charge in [0.25, 0.3) is 0 Å². The lowest BCUT2D eigenvalue weighted by molar-refractivity contribution is -0.131. The van der Waals surface area contributed by atoms with Crippen LogP contribution in [-0.2, 0) is 11.2 Å². The van der Waals surface area contributed by atoms with Crippen LogP contribution in [0.25, 0.3) is 11.0 Å². The van der Waals surface area contributed by atoms with Crippen molar-refractivity contribution in [2.75, 3.05) is 6.54 Å². The molecule has 4 rings (SSSR count). The summed E-state index contributed by atoms with van der Waals surface area (Å²) in [4.78, 5) is 22.6. The van der Waals surface area contributed by atoms with Crippen LogP contribution < -0.4 is 0 Å². The number of phenolic OH excluding ortho intramolecular Hbond substituents is 1. The molecule has 3 aromatic rings. The van der Waals surface area contributed by atoms with E-state index in [4.69, 9.17) is 0 Å². The van der Waals surface area contributed by atoms with E-state index in [9.17, 15) is 9.90 Å². The average molecular weight is 321 g/mol. The lowest BCUT2D eigenvalue weighted by Gasteiger charge is -2.23. The molecule has 5 nitrogen and oxygen atoms in total. The number of phenols is 1. The molecule has 0 aliphatic carbocycles. The van der Waals surface area contributed by atoms with E-state index in [1.165, 1.54) is 0 Å². The highest BCUT2D eigenvalue weighted by molar-refractivity contribution is 5.80. The number of carbonyl (C=O) groups excluding carboxylic acids is 1. The Morgan fingerprint density at radius 1 is 1.25 bits per heavy atom. The van der Waals surface area contributed by atoms with Crippen molar-refractivity contribution in [1.29, 1.82) is 0 Å². The third-order valence-corrected chi connectivity index (χ3v) is 4.56. The predicted molar refractivity (Wildman–Crippen MR) is 91.6 cm³/mol. The quantitative estimate of drug-likeness (QED) is 0.778. The normalized spacial score (nSPS) is 17.5. The number of aromatic hydroxyl groups is 1. The topological polar surface area (TPSA) is 69.2 Å². The van der Waals surface area contributed by atoms with Crippen LogP contribution in [0.5, 0.6) is 5.75 Å². The molecule has 0 spiro atoms. The van der Waals surface area contributed by atoms with Crippen molar-refractivity contribution in [2.45, 2.75) is 25.3 Å². The number of carbonyl (C=O) groups is 1. The van der Waals surface area contributed by atoms with Gasteiger partial charge in [-0.2, -0.15) is 0 Å². The third kappa shape index (κ3) is 2.73. The number of para-hydroxylation sites is 2. The van der Waals surface area contributed by atoms with Crippen molar-refractivity contribution in [2.24, 2.45) is 0 Å². The molecule has 122 valence electrons. The molecular formula is C19H19N3O2. The number of rotatable bonds is 3. The highest BCUT2D eigenvalue weighted by Gasteiger charge is 2.31. The maximum Gasteiger partial charge on any atom is 0.227 e. The Morgan fingerprint density at radius 3 is 2.96 bits per heavy atom. The highest BCUT2D eigenvalue weighted by atomic mass is 16.3. The summed E-state index contributed by atoms with van der Waals surface area (Å²) in [5, 5.41) is 9.56. The summed E-state index contributed by atoms with van der Waals surface area (Å²) in [7, 11) is 0. The first-order valence-electron chi connectivity index (χ1n) is 8.23. The molecule has 1 unspecified atom stereocenters. The number of hydrogen-bond donors (Lipinski definition) is 2. The summed E-state index contributed by atoms with van der Waals surface area (Å²) in [5.41, 5.74) is 2.76. The van der Waals surface area contributed by atoms with Gasteiger partial charge in [0, 0.05) is 6.54 Å². The Kier molecular flexibility index (Phi) is 3.69. The molecular weight excluding hydrogens is 302 g/mol. The number of hydrogen-bond acceptors (Lipinski definition) is 3. The monoisotopic (exact) mass is 321 g/mol. The standard InChI is InChI=1S/C19H19N3O2/c23-14-6-3-5-13(11-14)12-18(24)22-10-4-9-17(22)19-20-15-7-1-2-8-16(15)21-19/h1-3,5-8,11,17,23H,4,9-10,12H2,(H,20,21). The molecule has 2 aromatic carbocycles. The van der Waals surface area contributed by atoms with Crippen LogP contribution in [0.4, 0.5) is 0 Å². The van der Waals surface area contributed by atoms with Crippen LogP contribution >= 0.6 is 0 Å². The number of amides is 1. The molecule has 1 amide bonds. The Bertz CT molecular complexity index is 854. The van der Waals surface area contributed by atoms with E-state index in [0.29, 0.717) is 6.42 Å². The molecule has 0 saturated carbocycles. The van der Waals surface area contributed by atoms with Crippen molar-refractivity contribution in [1.82, 2.24) is 14.9 Å². The van der Waals surface area contributed by atoms with E-state index < -0.39 is 0 Å². The van der Waals surface area contributed by atoms with Gasteiger partial charge in [-0.15, -0.1) is 0 Å². The predicted octanol–water partition coefficient (Wildman–Crippen LogP) is 3.17. The minimum atomic E-state index is 0.00205. The number of nitrogens with one attached hydrogen (secondary N) is 1. The van der Waals surface area contributed by atoms with Gasteiger partial charge < -0.3 is 15.0 Å². The molecule has 24 heavy (non-hydrogen) atoms. The van der Waals surface area contributed by atoms with Gasteiger partial charge in [0.1, 0.15) is 11.6 Å². The Labute approximate surface area is 139 Å². The fourth-order valence-electron chi connectivity index (χ4n) is 3.42. The average Bonchev–Trinajstić information content (AvgIpc) is 3.21. The SMILES string of the molecule is O=C(Cc1cccc(O)c1)N1CCCC1c1nc2ccccc2[nH]1. The molecule has 2 N–H and O–H groups in total. The van der Waals surface area contributed by atoms with Crippen molar-refractivity contribution in [3.8, 4) is 5.75 Å². The van der Waals surface area contributed by atoms with E-state index in [1.807, 2.05) is 35.2 Å². The molecule has 0 bridgehead atoms. The maximum atomic E-state index is 12.7. The van der Waals surface area contributed by atoms with E-state index in [2.05, 4.69) is 9.97 Å². The van der Waals surface area contributed by atoms with Gasteiger partial charge in [-0.25, -0.2) is 4.98 Å². The van der Waals surface area contributed by atoms with Gasteiger partial charge >= 0.3 is 0 Å². The summed E-state index contributed by atoms with van der Waals surface area (Å²) >= 11 is 0. The smallest absolute Gasteiger partial charge is 0.227 e. The largest absolute Gasteiger partial charge is 0.508 e. The van der Waals surface area contributed by atoms with Gasteiger partial charge in [-0.1, -0.05) is 24.3 Å². The van der Waals surface area contributed by atoms with E-state index >= 15 is 0 Å². The minimum Gasteiger partial charge on any atom is -0.508 e. The zero-order valence-corrected chi connectivity index (χ0v) is 13.3. The number of aromatic nitrogens is 2. The zero-order valence-electron chi connectivity index (χ0n) is 13.3. The molecule has 1 fully saturated rings.